The van der Waals surface area contributed by atoms with E-state index in [1.165, 1.54) is 12.0 Å². The number of hydrogen-bond donors (Lipinski definition) is 0. The van der Waals surface area contributed by atoms with Crippen LogP contribution in [0.5, 0.6) is 5.75 Å². The van der Waals surface area contributed by atoms with Gasteiger partial charge < -0.3 is 14.4 Å². The Morgan fingerprint density at radius 1 is 1.13 bits per heavy atom. The molecule has 0 spiro atoms. The van der Waals surface area contributed by atoms with E-state index in [0.717, 1.165) is 16.1 Å². The molecular weight excluding hydrogens is 408 g/mol. The molecule has 0 aromatic heterocycles. The fourth-order valence-electron chi connectivity index (χ4n) is 3.22. The van der Waals surface area contributed by atoms with Gasteiger partial charge in [0.05, 0.1) is 32.1 Å². The van der Waals surface area contributed by atoms with Crippen LogP contribution < -0.4 is 9.64 Å². The minimum Gasteiger partial charge on any atom is -0.475 e. The highest BCUT2D eigenvalue weighted by atomic mass is 32.2. The monoisotopic (exact) mass is 432 g/mol. The molecule has 0 aliphatic carbocycles. The fraction of sp³-hybridized carbons (Fsp3) is 0.333. The van der Waals surface area contributed by atoms with Gasteiger partial charge in [-0.25, -0.2) is 13.2 Å². The number of amides is 1. The van der Waals surface area contributed by atoms with Gasteiger partial charge in [0.25, 0.3) is 0 Å². The second-order valence-electron chi connectivity index (χ2n) is 6.93. The normalized spacial score (nSPS) is 16.0. The Morgan fingerprint density at radius 3 is 2.47 bits per heavy atom. The molecule has 2 aromatic rings. The summed E-state index contributed by atoms with van der Waals surface area (Å²) in [5.74, 6) is -0.688. The molecule has 30 heavy (non-hydrogen) atoms. The molecule has 8 nitrogen and oxygen atoms in total. The predicted octanol–water partition coefficient (Wildman–Crippen LogP) is 1.46. The molecule has 1 aliphatic rings. The SMILES string of the molecule is COC(=O)[C@@H]1CN(C(=O)CN(CCc2ccccc2)S(C)(=O)=O)c2ccccc2O1. The average Bonchev–Trinajstić information content (AvgIpc) is 2.75. The molecule has 0 bridgehead atoms. The molecule has 9 heteroatoms. The van der Waals surface area contributed by atoms with Gasteiger partial charge >= 0.3 is 5.97 Å². The Bertz CT molecular complexity index is 1010. The topological polar surface area (TPSA) is 93.2 Å². The molecule has 0 N–H and O–H groups in total. The zero-order valence-corrected chi connectivity index (χ0v) is 17.7. The first-order chi connectivity index (χ1) is 14.3. The van der Waals surface area contributed by atoms with Crippen LogP contribution >= 0.6 is 0 Å². The molecule has 0 saturated heterocycles. The lowest BCUT2D eigenvalue weighted by molar-refractivity contribution is -0.148. The summed E-state index contributed by atoms with van der Waals surface area (Å²) in [6, 6.07) is 16.3. The maximum absolute atomic E-state index is 13.1. The second-order valence-corrected chi connectivity index (χ2v) is 8.92. The van der Waals surface area contributed by atoms with Crippen molar-refractivity contribution >= 4 is 27.6 Å². The van der Waals surface area contributed by atoms with E-state index in [-0.39, 0.29) is 19.6 Å². The average molecular weight is 432 g/mol. The van der Waals surface area contributed by atoms with E-state index in [4.69, 9.17) is 9.47 Å². The van der Waals surface area contributed by atoms with Crippen molar-refractivity contribution in [2.24, 2.45) is 0 Å². The first-order valence-corrected chi connectivity index (χ1v) is 11.3. The molecule has 1 heterocycles. The number of para-hydroxylation sites is 2. The van der Waals surface area contributed by atoms with Crippen LogP contribution in [0.2, 0.25) is 0 Å². The fourth-order valence-corrected chi connectivity index (χ4v) is 3.99. The number of sulfonamides is 1. The highest BCUT2D eigenvalue weighted by Crippen LogP contribution is 2.33. The highest BCUT2D eigenvalue weighted by molar-refractivity contribution is 7.88. The van der Waals surface area contributed by atoms with Crippen molar-refractivity contribution < 1.29 is 27.5 Å². The van der Waals surface area contributed by atoms with Gasteiger partial charge in [0, 0.05) is 6.54 Å². The third-order valence-corrected chi connectivity index (χ3v) is 6.06. The number of ether oxygens (including phenoxy) is 2. The smallest absolute Gasteiger partial charge is 0.348 e. The molecule has 3 rings (SSSR count). The molecular formula is C21H24N2O6S. The van der Waals surface area contributed by atoms with Crippen molar-refractivity contribution in [2.45, 2.75) is 12.5 Å². The van der Waals surface area contributed by atoms with Crippen LogP contribution in [0.15, 0.2) is 54.6 Å². The van der Waals surface area contributed by atoms with Crippen LogP contribution in [-0.2, 0) is 30.8 Å². The lowest BCUT2D eigenvalue weighted by atomic mass is 10.1. The van der Waals surface area contributed by atoms with Crippen molar-refractivity contribution in [3.8, 4) is 5.75 Å². The van der Waals surface area contributed by atoms with Gasteiger partial charge in [-0.1, -0.05) is 42.5 Å². The lowest BCUT2D eigenvalue weighted by Crippen LogP contribution is -2.51. The molecule has 0 unspecified atom stereocenters. The summed E-state index contributed by atoms with van der Waals surface area (Å²) in [7, 11) is -2.37. The lowest BCUT2D eigenvalue weighted by Gasteiger charge is -2.34. The zero-order valence-electron chi connectivity index (χ0n) is 16.9. The van der Waals surface area contributed by atoms with Crippen LogP contribution in [0.4, 0.5) is 5.69 Å². The number of fused-ring (bicyclic) bond motifs is 1. The Hall–Kier alpha value is -2.91. The Kier molecular flexibility index (Phi) is 6.73. The number of methoxy groups -OCH3 is 1. The van der Waals surface area contributed by atoms with E-state index >= 15 is 0 Å². The zero-order chi connectivity index (χ0) is 21.7. The first kappa shape index (κ1) is 21.8. The number of anilines is 1. The van der Waals surface area contributed by atoms with Gasteiger partial charge in [-0.05, 0) is 24.1 Å². The van der Waals surface area contributed by atoms with Crippen molar-refractivity contribution in [1.29, 1.82) is 0 Å². The van der Waals surface area contributed by atoms with Crippen LogP contribution in [0, 0.1) is 0 Å². The van der Waals surface area contributed by atoms with E-state index in [1.807, 2.05) is 30.3 Å². The summed E-state index contributed by atoms with van der Waals surface area (Å²) >= 11 is 0. The van der Waals surface area contributed by atoms with Crippen LogP contribution in [-0.4, -0.2) is 63.7 Å². The number of hydrogen-bond acceptors (Lipinski definition) is 6. The predicted molar refractivity (Wildman–Crippen MR) is 112 cm³/mol. The summed E-state index contributed by atoms with van der Waals surface area (Å²) in [5, 5.41) is 0. The minimum absolute atomic E-state index is 0.0567. The van der Waals surface area contributed by atoms with Gasteiger partial charge in [-0.2, -0.15) is 4.31 Å². The summed E-state index contributed by atoms with van der Waals surface area (Å²) in [4.78, 5) is 26.5. The second kappa shape index (κ2) is 9.27. The molecule has 1 amide bonds. The standard InChI is InChI=1S/C21H24N2O6S/c1-28-21(25)19-14-23(17-10-6-7-11-18(17)29-19)20(24)15-22(30(2,26)27)13-12-16-8-4-3-5-9-16/h3-11,19H,12-15H2,1-2H3/t19-/m0/s1. The maximum Gasteiger partial charge on any atom is 0.348 e. The van der Waals surface area contributed by atoms with Gasteiger partial charge in [0.1, 0.15) is 5.75 Å². The molecule has 1 aliphatic heterocycles. The van der Waals surface area contributed by atoms with Crippen molar-refractivity contribution in [1.82, 2.24) is 4.31 Å². The van der Waals surface area contributed by atoms with Crippen molar-refractivity contribution in [3.05, 3.63) is 60.2 Å². The van der Waals surface area contributed by atoms with Gasteiger partial charge in [-0.3, -0.25) is 4.79 Å². The van der Waals surface area contributed by atoms with E-state index in [9.17, 15) is 18.0 Å². The summed E-state index contributed by atoms with van der Waals surface area (Å²) in [6.45, 7) is -0.228. The molecule has 0 saturated carbocycles. The van der Waals surface area contributed by atoms with E-state index in [2.05, 4.69) is 0 Å². The van der Waals surface area contributed by atoms with E-state index < -0.39 is 28.0 Å². The number of carbonyl (C=O) groups is 2. The first-order valence-electron chi connectivity index (χ1n) is 9.42. The quantitative estimate of drug-likeness (QED) is 0.615. The Morgan fingerprint density at radius 2 is 1.80 bits per heavy atom. The molecule has 160 valence electrons. The largest absolute Gasteiger partial charge is 0.475 e. The summed E-state index contributed by atoms with van der Waals surface area (Å²) < 4.78 is 36.1. The molecule has 0 fully saturated rings. The number of rotatable bonds is 7. The summed E-state index contributed by atoms with van der Waals surface area (Å²) in [5.41, 5.74) is 1.46. The third kappa shape index (κ3) is 5.17. The molecule has 0 radical (unpaired) electrons. The van der Waals surface area contributed by atoms with Crippen molar-refractivity contribution in [2.75, 3.05) is 37.9 Å². The third-order valence-electron chi connectivity index (χ3n) is 4.81. The van der Waals surface area contributed by atoms with Gasteiger partial charge in [-0.15, -0.1) is 0 Å². The maximum atomic E-state index is 13.1. The minimum atomic E-state index is -3.62. The highest BCUT2D eigenvalue weighted by Gasteiger charge is 2.35. The van der Waals surface area contributed by atoms with Crippen molar-refractivity contribution in [3.63, 3.8) is 0 Å². The van der Waals surface area contributed by atoms with E-state index in [1.54, 1.807) is 24.3 Å². The number of carbonyl (C=O) groups excluding carboxylic acids is 2. The molecule has 1 atom stereocenters. The van der Waals surface area contributed by atoms with Gasteiger partial charge in [0.2, 0.25) is 22.0 Å². The van der Waals surface area contributed by atoms with Crippen LogP contribution in [0.3, 0.4) is 0 Å². The van der Waals surface area contributed by atoms with E-state index in [0.29, 0.717) is 17.9 Å². The Balaban J connectivity index is 1.79. The number of benzene rings is 2. The molecule has 2 aromatic carbocycles. The van der Waals surface area contributed by atoms with Gasteiger partial charge in [0.15, 0.2) is 0 Å². The summed E-state index contributed by atoms with van der Waals surface area (Å²) in [6.07, 6.45) is 0.575. The van der Waals surface area contributed by atoms with Crippen LogP contribution in [0.1, 0.15) is 5.56 Å². The number of nitrogens with zero attached hydrogens (tertiary/aromatic N) is 2. The number of esters is 1. The van der Waals surface area contributed by atoms with Crippen LogP contribution in [0.25, 0.3) is 0 Å². The Labute approximate surface area is 176 Å².